The number of rotatable bonds is 1. The molecule has 0 aliphatic heterocycles. The smallest absolute Gasteiger partial charge is 1.00 e. The number of hydrogen-bond acceptors (Lipinski definition) is 1. The number of halogens is 2. The molecule has 0 atom stereocenters. The SMILES string of the molecule is O=C(O)CF.[Cl-].[Na+]. The molecule has 0 saturated carbocycles. The van der Waals surface area contributed by atoms with E-state index in [1.54, 1.807) is 0 Å². The normalized spacial score (nSPS) is 5.29. The fourth-order valence-corrected chi connectivity index (χ4v) is 0. The summed E-state index contributed by atoms with van der Waals surface area (Å²) in [5.41, 5.74) is 0. The van der Waals surface area contributed by atoms with E-state index in [1.807, 2.05) is 0 Å². The number of carboxylic acid groups (broad SMARTS) is 1. The Labute approximate surface area is 68.8 Å². The Kier molecular flexibility index (Phi) is 22.0. The van der Waals surface area contributed by atoms with Crippen molar-refractivity contribution < 1.29 is 56.3 Å². The Morgan fingerprint density at radius 2 is 1.86 bits per heavy atom. The first kappa shape index (κ1) is 15.6. The topological polar surface area (TPSA) is 37.3 Å². The van der Waals surface area contributed by atoms with Crippen molar-refractivity contribution in [3.05, 3.63) is 0 Å². The average molecular weight is 136 g/mol. The molecule has 0 fully saturated rings. The molecule has 0 heterocycles. The van der Waals surface area contributed by atoms with Crippen LogP contribution >= 0.6 is 0 Å². The second kappa shape index (κ2) is 9.85. The van der Waals surface area contributed by atoms with Gasteiger partial charge in [-0.3, -0.25) is 0 Å². The molecule has 0 aliphatic rings. The molecule has 0 amide bonds. The summed E-state index contributed by atoms with van der Waals surface area (Å²) in [6.45, 7) is -1.28. The summed E-state index contributed by atoms with van der Waals surface area (Å²) >= 11 is 0. The van der Waals surface area contributed by atoms with Crippen molar-refractivity contribution in [1.82, 2.24) is 0 Å². The molecule has 0 aliphatic carbocycles. The molecular weight excluding hydrogens is 133 g/mol. The fourth-order valence-electron chi connectivity index (χ4n) is 0. The number of aliphatic carboxylic acids is 1. The van der Waals surface area contributed by atoms with Gasteiger partial charge in [0.2, 0.25) is 0 Å². The van der Waals surface area contributed by atoms with Crippen LogP contribution < -0.4 is 42.0 Å². The molecule has 0 aromatic rings. The van der Waals surface area contributed by atoms with Crippen LogP contribution in [0.4, 0.5) is 4.39 Å². The van der Waals surface area contributed by atoms with Crippen molar-refractivity contribution >= 4 is 5.97 Å². The second-order valence-corrected chi connectivity index (χ2v) is 0.527. The Hall–Kier alpha value is 0.690. The zero-order valence-corrected chi connectivity index (χ0v) is 6.57. The van der Waals surface area contributed by atoms with Gasteiger partial charge in [0, 0.05) is 0 Å². The van der Waals surface area contributed by atoms with Gasteiger partial charge in [-0.1, -0.05) is 0 Å². The summed E-state index contributed by atoms with van der Waals surface area (Å²) in [7, 11) is 0. The molecule has 1 N–H and O–H groups in total. The minimum Gasteiger partial charge on any atom is -1.00 e. The predicted octanol–water partition coefficient (Wildman–Crippen LogP) is -5.95. The van der Waals surface area contributed by atoms with Crippen LogP contribution in [-0.2, 0) is 4.79 Å². The zero-order valence-electron chi connectivity index (χ0n) is 3.82. The molecule has 0 unspecified atom stereocenters. The standard InChI is InChI=1S/C2H3FO2.ClH.Na/c3-1-2(4)5;;/h1H2,(H,4,5);1H;/q;;+1/p-1. The third-order valence-corrected chi connectivity index (χ3v) is 0.114. The number of carboxylic acids is 1. The Morgan fingerprint density at radius 1 is 1.71 bits per heavy atom. The largest absolute Gasteiger partial charge is 1.00 e. The third kappa shape index (κ3) is 20.3. The summed E-state index contributed by atoms with van der Waals surface area (Å²) in [5, 5.41) is 7.35. The van der Waals surface area contributed by atoms with Crippen LogP contribution in [0.5, 0.6) is 0 Å². The van der Waals surface area contributed by atoms with Gasteiger partial charge in [0.25, 0.3) is 0 Å². The van der Waals surface area contributed by atoms with Gasteiger partial charge < -0.3 is 17.5 Å². The van der Waals surface area contributed by atoms with Gasteiger partial charge in [-0.2, -0.15) is 0 Å². The van der Waals surface area contributed by atoms with Crippen LogP contribution in [0.2, 0.25) is 0 Å². The van der Waals surface area contributed by atoms with Crippen LogP contribution in [0.1, 0.15) is 0 Å². The van der Waals surface area contributed by atoms with Crippen LogP contribution in [0.3, 0.4) is 0 Å². The van der Waals surface area contributed by atoms with E-state index in [-0.39, 0.29) is 42.0 Å². The molecule has 0 rings (SSSR count). The van der Waals surface area contributed by atoms with Crippen LogP contribution in [0, 0.1) is 0 Å². The van der Waals surface area contributed by atoms with Crippen molar-refractivity contribution in [3.8, 4) is 0 Å². The van der Waals surface area contributed by atoms with Crippen molar-refractivity contribution in [2.24, 2.45) is 0 Å². The van der Waals surface area contributed by atoms with Gasteiger partial charge in [0.15, 0.2) is 6.67 Å². The van der Waals surface area contributed by atoms with E-state index in [0.717, 1.165) is 0 Å². The van der Waals surface area contributed by atoms with E-state index in [2.05, 4.69) is 0 Å². The van der Waals surface area contributed by atoms with E-state index in [9.17, 15) is 4.39 Å². The summed E-state index contributed by atoms with van der Waals surface area (Å²) in [5.74, 6) is -1.41. The van der Waals surface area contributed by atoms with Gasteiger partial charge in [0.05, 0.1) is 0 Å². The molecule has 0 aromatic heterocycles. The first-order valence-corrected chi connectivity index (χ1v) is 1.05. The number of alkyl halides is 1. The summed E-state index contributed by atoms with van der Waals surface area (Å²) in [4.78, 5) is 8.99. The first-order valence-electron chi connectivity index (χ1n) is 1.05. The quantitative estimate of drug-likeness (QED) is 0.365. The number of hydrogen-bond donors (Lipinski definition) is 1. The van der Waals surface area contributed by atoms with E-state index >= 15 is 0 Å². The maximum Gasteiger partial charge on any atom is 1.00 e. The fraction of sp³-hybridized carbons (Fsp3) is 0.500. The molecule has 0 aromatic carbocycles. The first-order chi connectivity index (χ1) is 2.27. The molecule has 5 heteroatoms. The predicted molar refractivity (Wildman–Crippen MR) is 13.6 cm³/mol. The molecule has 2 nitrogen and oxygen atoms in total. The molecule has 7 heavy (non-hydrogen) atoms. The van der Waals surface area contributed by atoms with Gasteiger partial charge in [-0.15, -0.1) is 0 Å². The summed E-state index contributed by atoms with van der Waals surface area (Å²) in [6.07, 6.45) is 0. The van der Waals surface area contributed by atoms with Crippen molar-refractivity contribution in [2.75, 3.05) is 6.67 Å². The maximum absolute atomic E-state index is 10.5. The molecule has 38 valence electrons. The van der Waals surface area contributed by atoms with Crippen LogP contribution in [-0.4, -0.2) is 17.8 Å². The van der Waals surface area contributed by atoms with Gasteiger partial charge >= 0.3 is 35.5 Å². The monoisotopic (exact) mass is 136 g/mol. The maximum atomic E-state index is 10.5. The molecule has 0 saturated heterocycles. The van der Waals surface area contributed by atoms with Crippen molar-refractivity contribution in [3.63, 3.8) is 0 Å². The molecule has 0 radical (unpaired) electrons. The molecule has 0 spiro atoms. The minimum absolute atomic E-state index is 0. The van der Waals surface area contributed by atoms with E-state index < -0.39 is 12.6 Å². The Morgan fingerprint density at radius 3 is 1.86 bits per heavy atom. The minimum atomic E-state index is -1.41. The second-order valence-electron chi connectivity index (χ2n) is 0.527. The van der Waals surface area contributed by atoms with E-state index in [1.165, 1.54) is 0 Å². The van der Waals surface area contributed by atoms with Gasteiger partial charge in [-0.05, 0) is 0 Å². The summed E-state index contributed by atoms with van der Waals surface area (Å²) in [6, 6.07) is 0. The molecule has 0 bridgehead atoms. The van der Waals surface area contributed by atoms with Gasteiger partial charge in [0.1, 0.15) is 0 Å². The summed E-state index contributed by atoms with van der Waals surface area (Å²) < 4.78 is 10.5. The average Bonchev–Trinajstić information content (AvgIpc) is 1.38. The van der Waals surface area contributed by atoms with E-state index in [0.29, 0.717) is 0 Å². The van der Waals surface area contributed by atoms with Crippen LogP contribution in [0.25, 0.3) is 0 Å². The third-order valence-electron chi connectivity index (χ3n) is 0.114. The Bertz CT molecular complexity index is 51.0. The van der Waals surface area contributed by atoms with Crippen molar-refractivity contribution in [1.29, 1.82) is 0 Å². The van der Waals surface area contributed by atoms with Crippen molar-refractivity contribution in [2.45, 2.75) is 0 Å². The molecular formula is C2H3ClFNaO2. The zero-order chi connectivity index (χ0) is 4.28. The Balaban J connectivity index is -0.0000000800. The number of carbonyl (C=O) groups is 1. The van der Waals surface area contributed by atoms with Crippen LogP contribution in [0.15, 0.2) is 0 Å². The van der Waals surface area contributed by atoms with E-state index in [4.69, 9.17) is 9.90 Å². The van der Waals surface area contributed by atoms with Gasteiger partial charge in [-0.25, -0.2) is 9.18 Å².